The van der Waals surface area contributed by atoms with Crippen LogP contribution in [0.4, 0.5) is 0 Å². The zero-order valence-electron chi connectivity index (χ0n) is 17.1. The minimum absolute atomic E-state index is 0.00146. The molecule has 1 saturated heterocycles. The molecule has 4 rings (SSSR count). The molecule has 0 spiro atoms. The number of H-pyrrole nitrogens is 1. The molecule has 1 aliphatic rings. The molecule has 0 saturated carbocycles. The number of amides is 1. The minimum Gasteiger partial charge on any atom is -0.351 e. The van der Waals surface area contributed by atoms with Crippen molar-refractivity contribution in [3.63, 3.8) is 0 Å². The van der Waals surface area contributed by atoms with E-state index in [1.54, 1.807) is 0 Å². The van der Waals surface area contributed by atoms with E-state index in [1.807, 2.05) is 48.2 Å². The first-order valence-electron chi connectivity index (χ1n) is 10.1. The molecule has 3 heterocycles. The summed E-state index contributed by atoms with van der Waals surface area (Å²) in [7, 11) is -3.04. The van der Waals surface area contributed by atoms with Gasteiger partial charge in [0.2, 0.25) is 5.91 Å². The van der Waals surface area contributed by atoms with Crippen LogP contribution in [0.3, 0.4) is 0 Å². The zero-order chi connectivity index (χ0) is 22.0. The van der Waals surface area contributed by atoms with Crippen LogP contribution in [0.2, 0.25) is 0 Å². The number of carbonyl (C=O) groups is 1. The largest absolute Gasteiger partial charge is 0.351 e. The van der Waals surface area contributed by atoms with E-state index in [0.717, 1.165) is 10.4 Å². The summed E-state index contributed by atoms with van der Waals surface area (Å²) in [5.41, 5.74) is 0.835. The number of sulfone groups is 1. The lowest BCUT2D eigenvalue weighted by Crippen LogP contribution is -2.42. The van der Waals surface area contributed by atoms with Crippen molar-refractivity contribution in [3.8, 4) is 10.4 Å². The number of nitrogens with zero attached hydrogens (tertiary/aromatic N) is 2. The Labute approximate surface area is 184 Å². The number of fused-ring (bicyclic) bond motifs is 1. The van der Waals surface area contributed by atoms with E-state index in [2.05, 4.69) is 15.3 Å². The summed E-state index contributed by atoms with van der Waals surface area (Å²) in [4.78, 5) is 35.9. The van der Waals surface area contributed by atoms with Crippen LogP contribution in [-0.2, 0) is 21.2 Å². The fraction of sp³-hybridized carbons (Fsp3) is 0.381. The summed E-state index contributed by atoms with van der Waals surface area (Å²) < 4.78 is 23.1. The van der Waals surface area contributed by atoms with E-state index >= 15 is 0 Å². The van der Waals surface area contributed by atoms with E-state index in [9.17, 15) is 18.0 Å². The predicted molar refractivity (Wildman–Crippen MR) is 122 cm³/mol. The van der Waals surface area contributed by atoms with Crippen LogP contribution < -0.4 is 10.9 Å². The number of rotatable bonds is 7. The van der Waals surface area contributed by atoms with E-state index in [4.69, 9.17) is 0 Å². The van der Waals surface area contributed by atoms with E-state index in [1.165, 1.54) is 11.3 Å². The predicted octanol–water partition coefficient (Wildman–Crippen LogP) is 1.78. The fourth-order valence-electron chi connectivity index (χ4n) is 3.67. The van der Waals surface area contributed by atoms with Gasteiger partial charge < -0.3 is 10.3 Å². The SMILES string of the molecule is CCN(CC(=O)N[C@@H]1CCS(=O)(=O)C1)Cc1nc2sc(-c3ccccc3)cc2c(=O)[nH]1. The first kappa shape index (κ1) is 21.7. The van der Waals surface area contributed by atoms with Crippen LogP contribution in [0.15, 0.2) is 41.2 Å². The molecule has 0 aliphatic carbocycles. The van der Waals surface area contributed by atoms with Gasteiger partial charge in [-0.2, -0.15) is 0 Å². The molecule has 1 atom stereocenters. The van der Waals surface area contributed by atoms with Crippen molar-refractivity contribution in [1.29, 1.82) is 0 Å². The molecule has 164 valence electrons. The summed E-state index contributed by atoms with van der Waals surface area (Å²) in [6.45, 7) is 2.92. The van der Waals surface area contributed by atoms with Gasteiger partial charge in [0.15, 0.2) is 9.84 Å². The smallest absolute Gasteiger partial charge is 0.259 e. The van der Waals surface area contributed by atoms with Crippen molar-refractivity contribution < 1.29 is 13.2 Å². The number of aromatic amines is 1. The van der Waals surface area contributed by atoms with Crippen LogP contribution in [0.5, 0.6) is 0 Å². The van der Waals surface area contributed by atoms with Crippen molar-refractivity contribution in [2.24, 2.45) is 0 Å². The molecule has 0 bridgehead atoms. The van der Waals surface area contributed by atoms with Gasteiger partial charge >= 0.3 is 0 Å². The van der Waals surface area contributed by atoms with Gasteiger partial charge in [-0.05, 0) is 24.6 Å². The van der Waals surface area contributed by atoms with Gasteiger partial charge in [-0.25, -0.2) is 13.4 Å². The minimum atomic E-state index is -3.04. The number of hydrogen-bond acceptors (Lipinski definition) is 7. The molecule has 1 aliphatic heterocycles. The Kier molecular flexibility index (Phi) is 6.22. The van der Waals surface area contributed by atoms with Crippen LogP contribution in [0, 0.1) is 0 Å². The second-order valence-electron chi connectivity index (χ2n) is 7.68. The number of thiophene rings is 1. The molecule has 0 unspecified atom stereocenters. The normalized spacial score (nSPS) is 17.9. The Morgan fingerprint density at radius 3 is 2.77 bits per heavy atom. The maximum absolute atomic E-state index is 12.6. The van der Waals surface area contributed by atoms with Crippen LogP contribution in [0.1, 0.15) is 19.2 Å². The third-order valence-corrected chi connectivity index (χ3v) is 8.14. The summed E-state index contributed by atoms with van der Waals surface area (Å²) >= 11 is 1.46. The Bertz CT molecular complexity index is 1250. The van der Waals surface area contributed by atoms with E-state index < -0.39 is 9.84 Å². The Balaban J connectivity index is 1.46. The highest BCUT2D eigenvalue weighted by Crippen LogP contribution is 2.30. The summed E-state index contributed by atoms with van der Waals surface area (Å²) in [5, 5.41) is 3.35. The number of aromatic nitrogens is 2. The van der Waals surface area contributed by atoms with E-state index in [-0.39, 0.29) is 35.6 Å². The van der Waals surface area contributed by atoms with Gasteiger partial charge in [0, 0.05) is 10.9 Å². The monoisotopic (exact) mass is 460 g/mol. The number of hydrogen-bond donors (Lipinski definition) is 2. The quantitative estimate of drug-likeness (QED) is 0.556. The summed E-state index contributed by atoms with van der Waals surface area (Å²) in [6, 6.07) is 11.4. The van der Waals surface area contributed by atoms with Gasteiger partial charge in [-0.3, -0.25) is 14.5 Å². The zero-order valence-corrected chi connectivity index (χ0v) is 18.8. The number of nitrogens with one attached hydrogen (secondary N) is 2. The van der Waals surface area contributed by atoms with Gasteiger partial charge in [-0.15, -0.1) is 11.3 Å². The average Bonchev–Trinajstić information content (AvgIpc) is 3.31. The van der Waals surface area contributed by atoms with Crippen molar-refractivity contribution >= 4 is 37.3 Å². The first-order valence-corrected chi connectivity index (χ1v) is 12.8. The molecule has 2 N–H and O–H groups in total. The third-order valence-electron chi connectivity index (χ3n) is 5.30. The van der Waals surface area contributed by atoms with Crippen LogP contribution in [-0.4, -0.2) is 59.8 Å². The maximum atomic E-state index is 12.6. The molecule has 31 heavy (non-hydrogen) atoms. The summed E-state index contributed by atoms with van der Waals surface area (Å²) in [5.74, 6) is 0.386. The highest BCUT2D eigenvalue weighted by Gasteiger charge is 2.29. The Morgan fingerprint density at radius 2 is 2.10 bits per heavy atom. The first-order chi connectivity index (χ1) is 14.8. The number of likely N-dealkylation sites (N-methyl/N-ethyl adjacent to an activating group) is 1. The van der Waals surface area contributed by atoms with Gasteiger partial charge in [0.05, 0.1) is 30.0 Å². The molecule has 8 nitrogen and oxygen atoms in total. The molecule has 1 aromatic carbocycles. The summed E-state index contributed by atoms with van der Waals surface area (Å²) in [6.07, 6.45) is 0.452. The Hall–Kier alpha value is -2.56. The number of benzene rings is 1. The molecule has 1 amide bonds. The molecule has 2 aromatic heterocycles. The van der Waals surface area contributed by atoms with Crippen molar-refractivity contribution in [2.75, 3.05) is 24.6 Å². The van der Waals surface area contributed by atoms with Gasteiger partial charge in [0.1, 0.15) is 10.7 Å². The molecule has 1 fully saturated rings. The fourth-order valence-corrected chi connectivity index (χ4v) is 6.40. The van der Waals surface area contributed by atoms with Gasteiger partial charge in [0.25, 0.3) is 5.56 Å². The molecule has 3 aromatic rings. The molecule has 0 radical (unpaired) electrons. The highest BCUT2D eigenvalue weighted by atomic mass is 32.2. The lowest BCUT2D eigenvalue weighted by molar-refractivity contribution is -0.122. The standard InChI is InChI=1S/C21H24N4O4S2/c1-2-25(12-19(26)22-15-8-9-31(28,29)13-15)11-18-23-20(27)16-10-17(30-21(16)24-18)14-6-4-3-5-7-14/h3-7,10,15H,2,8-9,11-13H2,1H3,(H,22,26)(H,23,24,27)/t15-/m1/s1. The van der Waals surface area contributed by atoms with Crippen LogP contribution >= 0.6 is 11.3 Å². The lowest BCUT2D eigenvalue weighted by atomic mass is 10.2. The number of carbonyl (C=O) groups excluding carboxylic acids is 1. The average molecular weight is 461 g/mol. The third kappa shape index (κ3) is 5.20. The molecular formula is C21H24N4O4S2. The highest BCUT2D eigenvalue weighted by molar-refractivity contribution is 7.91. The molecule has 10 heteroatoms. The maximum Gasteiger partial charge on any atom is 0.259 e. The van der Waals surface area contributed by atoms with Crippen molar-refractivity contribution in [2.45, 2.75) is 25.9 Å². The second kappa shape index (κ2) is 8.89. The van der Waals surface area contributed by atoms with Crippen LogP contribution in [0.25, 0.3) is 20.7 Å². The van der Waals surface area contributed by atoms with E-state index in [0.29, 0.717) is 35.6 Å². The Morgan fingerprint density at radius 1 is 1.32 bits per heavy atom. The van der Waals surface area contributed by atoms with Crippen molar-refractivity contribution in [3.05, 3.63) is 52.6 Å². The lowest BCUT2D eigenvalue weighted by Gasteiger charge is -2.20. The van der Waals surface area contributed by atoms with Gasteiger partial charge in [-0.1, -0.05) is 37.3 Å². The second-order valence-corrected chi connectivity index (χ2v) is 10.9. The topological polar surface area (TPSA) is 112 Å². The molecular weight excluding hydrogens is 436 g/mol. The van der Waals surface area contributed by atoms with Crippen molar-refractivity contribution in [1.82, 2.24) is 20.2 Å².